The zero-order valence-corrected chi connectivity index (χ0v) is 13.8. The Morgan fingerprint density at radius 2 is 1.43 bits per heavy atom. The van der Waals surface area contributed by atoms with Gasteiger partial charge in [-0.1, -0.05) is 63.4 Å². The Hall–Kier alpha value is -1.15. The maximum absolute atomic E-state index is 12.9. The van der Waals surface area contributed by atoms with Crippen molar-refractivity contribution < 1.29 is 8.78 Å². The molecule has 0 unspecified atom stereocenters. The summed E-state index contributed by atoms with van der Waals surface area (Å²) in [5.41, 5.74) is 0.938. The van der Waals surface area contributed by atoms with Gasteiger partial charge in [0.2, 0.25) is 0 Å². The van der Waals surface area contributed by atoms with Crippen LogP contribution in [0.3, 0.4) is 0 Å². The first-order valence-corrected chi connectivity index (χ1v) is 7.67. The van der Waals surface area contributed by atoms with E-state index >= 15 is 0 Å². The van der Waals surface area contributed by atoms with Crippen molar-refractivity contribution in [2.75, 3.05) is 0 Å². The van der Waals surface area contributed by atoms with E-state index < -0.39 is 5.82 Å². The van der Waals surface area contributed by atoms with Gasteiger partial charge in [0.05, 0.1) is 22.5 Å². The van der Waals surface area contributed by atoms with Crippen molar-refractivity contribution in [1.29, 1.82) is 5.26 Å². The Labute approximate surface area is 140 Å². The molecule has 0 spiro atoms. The molecule has 0 atom stereocenters. The smallest absolute Gasteiger partial charge is 0.146 e. The Balaban J connectivity index is 0.000000211. The molecule has 0 aliphatic carbocycles. The van der Waals surface area contributed by atoms with Crippen molar-refractivity contribution >= 4 is 39.1 Å². The minimum absolute atomic E-state index is 0.0619. The second-order valence-electron chi connectivity index (χ2n) is 3.89. The van der Waals surface area contributed by atoms with Crippen molar-refractivity contribution in [3.8, 4) is 6.07 Å². The lowest BCUT2D eigenvalue weighted by molar-refractivity contribution is 0.615. The van der Waals surface area contributed by atoms with Gasteiger partial charge in [0.15, 0.2) is 0 Å². The maximum Gasteiger partial charge on any atom is 0.146 e. The fourth-order valence-electron chi connectivity index (χ4n) is 1.42. The molecule has 0 heterocycles. The van der Waals surface area contributed by atoms with Crippen LogP contribution in [0, 0.1) is 23.0 Å². The standard InChI is InChI=1S/C8H5ClFN.C7H5BrClF/c9-7-3-1-2-6(4-5-11)8(7)10;8-4-5-2-1-3-6(9)7(5)10/h1-3H,4H2;1-3H,4H2. The summed E-state index contributed by atoms with van der Waals surface area (Å²) < 4.78 is 25.7. The van der Waals surface area contributed by atoms with Crippen LogP contribution in [0.15, 0.2) is 36.4 Å². The highest BCUT2D eigenvalue weighted by Crippen LogP contribution is 2.19. The molecule has 0 amide bonds. The first kappa shape index (κ1) is 17.9. The van der Waals surface area contributed by atoms with Crippen LogP contribution in [0.5, 0.6) is 0 Å². The molecule has 0 fully saturated rings. The summed E-state index contributed by atoms with van der Waals surface area (Å²) in [6.07, 6.45) is 0.0619. The van der Waals surface area contributed by atoms with E-state index in [1.807, 2.05) is 6.07 Å². The van der Waals surface area contributed by atoms with Crippen LogP contribution in [-0.2, 0) is 11.8 Å². The lowest BCUT2D eigenvalue weighted by Crippen LogP contribution is -1.88. The van der Waals surface area contributed by atoms with Crippen LogP contribution in [0.25, 0.3) is 0 Å². The molecule has 2 rings (SSSR count). The van der Waals surface area contributed by atoms with Crippen LogP contribution in [0.1, 0.15) is 11.1 Å². The highest BCUT2D eigenvalue weighted by molar-refractivity contribution is 9.08. The second kappa shape index (κ2) is 8.99. The van der Waals surface area contributed by atoms with Crippen molar-refractivity contribution in [3.63, 3.8) is 0 Å². The molecule has 0 saturated heterocycles. The Kier molecular flexibility index (Phi) is 7.66. The molecule has 0 aromatic heterocycles. The largest absolute Gasteiger partial charge is 0.205 e. The van der Waals surface area contributed by atoms with Gasteiger partial charge in [0.1, 0.15) is 11.6 Å². The van der Waals surface area contributed by atoms with Crippen LogP contribution >= 0.6 is 39.1 Å². The van der Waals surface area contributed by atoms with E-state index in [2.05, 4.69) is 15.9 Å². The van der Waals surface area contributed by atoms with Gasteiger partial charge in [-0.25, -0.2) is 8.78 Å². The Bertz CT molecular complexity index is 657. The summed E-state index contributed by atoms with van der Waals surface area (Å²) in [5, 5.41) is 9.02. The molecular weight excluding hydrogens is 383 g/mol. The summed E-state index contributed by atoms with van der Waals surface area (Å²) in [6, 6.07) is 11.4. The number of benzene rings is 2. The molecule has 6 heteroatoms. The lowest BCUT2D eigenvalue weighted by atomic mass is 10.1. The number of nitriles is 1. The van der Waals surface area contributed by atoms with Gasteiger partial charge < -0.3 is 0 Å². The van der Waals surface area contributed by atoms with Gasteiger partial charge in [-0.2, -0.15) is 5.26 Å². The zero-order chi connectivity index (χ0) is 15.8. The SMILES string of the molecule is Fc1c(Cl)cccc1CBr.N#CCc1cccc(Cl)c1F. The minimum Gasteiger partial charge on any atom is -0.205 e. The lowest BCUT2D eigenvalue weighted by Gasteiger charge is -1.97. The topological polar surface area (TPSA) is 23.8 Å². The van der Waals surface area contributed by atoms with Crippen molar-refractivity contribution in [2.24, 2.45) is 0 Å². The van der Waals surface area contributed by atoms with Crippen LogP contribution in [0.4, 0.5) is 8.78 Å². The average Bonchev–Trinajstić information content (AvgIpc) is 2.48. The van der Waals surface area contributed by atoms with Gasteiger partial charge >= 0.3 is 0 Å². The predicted molar refractivity (Wildman–Crippen MR) is 84.8 cm³/mol. The Morgan fingerprint density at radius 3 is 1.86 bits per heavy atom. The molecule has 0 N–H and O–H groups in total. The fourth-order valence-corrected chi connectivity index (χ4v) is 2.24. The van der Waals surface area contributed by atoms with Crippen molar-refractivity contribution in [2.45, 2.75) is 11.8 Å². The minimum atomic E-state index is -0.490. The molecule has 0 bridgehead atoms. The van der Waals surface area contributed by atoms with Crippen LogP contribution in [0.2, 0.25) is 10.0 Å². The molecule has 0 radical (unpaired) electrons. The normalized spacial score (nSPS) is 9.52. The van der Waals surface area contributed by atoms with Gasteiger partial charge in [-0.05, 0) is 17.7 Å². The summed E-state index contributed by atoms with van der Waals surface area (Å²) in [6.45, 7) is 0. The van der Waals surface area contributed by atoms with E-state index in [9.17, 15) is 8.78 Å². The van der Waals surface area contributed by atoms with Gasteiger partial charge in [0, 0.05) is 10.9 Å². The molecule has 1 nitrogen and oxygen atoms in total. The monoisotopic (exact) mass is 391 g/mol. The number of rotatable bonds is 2. The first-order valence-electron chi connectivity index (χ1n) is 5.80. The first-order chi connectivity index (χ1) is 10.0. The highest BCUT2D eigenvalue weighted by atomic mass is 79.9. The fraction of sp³-hybridized carbons (Fsp3) is 0.133. The summed E-state index contributed by atoms with van der Waals surface area (Å²) in [5.74, 6) is -0.822. The van der Waals surface area contributed by atoms with Crippen LogP contribution in [-0.4, -0.2) is 0 Å². The summed E-state index contributed by atoms with van der Waals surface area (Å²) in [4.78, 5) is 0. The molecule has 2 aromatic carbocycles. The summed E-state index contributed by atoms with van der Waals surface area (Å²) in [7, 11) is 0. The van der Waals surface area contributed by atoms with Gasteiger partial charge in [-0.3, -0.25) is 0 Å². The second-order valence-corrected chi connectivity index (χ2v) is 5.27. The van der Waals surface area contributed by atoms with E-state index in [1.165, 1.54) is 12.1 Å². The van der Waals surface area contributed by atoms with E-state index in [-0.39, 0.29) is 22.3 Å². The number of alkyl halides is 1. The maximum atomic E-state index is 12.9. The van der Waals surface area contributed by atoms with Gasteiger partial charge in [0.25, 0.3) is 0 Å². The number of hydrogen-bond acceptors (Lipinski definition) is 1. The third-order valence-corrected chi connectivity index (χ3v) is 3.66. The number of nitrogens with zero attached hydrogens (tertiary/aromatic N) is 1. The van der Waals surface area contributed by atoms with E-state index in [1.54, 1.807) is 24.3 Å². The Morgan fingerprint density at radius 1 is 0.952 bits per heavy atom. The van der Waals surface area contributed by atoms with E-state index in [4.69, 9.17) is 28.5 Å². The summed E-state index contributed by atoms with van der Waals surface area (Å²) >= 11 is 14.1. The number of hydrogen-bond donors (Lipinski definition) is 0. The molecule has 0 saturated carbocycles. The quantitative estimate of drug-likeness (QED) is 0.582. The third-order valence-electron chi connectivity index (χ3n) is 2.48. The van der Waals surface area contributed by atoms with Crippen molar-refractivity contribution in [1.82, 2.24) is 0 Å². The number of halogens is 5. The van der Waals surface area contributed by atoms with E-state index in [0.717, 1.165) is 0 Å². The zero-order valence-electron chi connectivity index (χ0n) is 10.7. The molecule has 2 aromatic rings. The van der Waals surface area contributed by atoms with Crippen molar-refractivity contribution in [3.05, 3.63) is 69.2 Å². The van der Waals surface area contributed by atoms with E-state index in [0.29, 0.717) is 16.5 Å². The molecular formula is C15H10BrCl2F2N. The molecule has 110 valence electrons. The molecule has 0 aliphatic heterocycles. The van der Waals surface area contributed by atoms with Crippen LogP contribution < -0.4 is 0 Å². The average molecular weight is 393 g/mol. The van der Waals surface area contributed by atoms with Gasteiger partial charge in [-0.15, -0.1) is 0 Å². The molecule has 21 heavy (non-hydrogen) atoms. The third kappa shape index (κ3) is 5.28. The predicted octanol–water partition coefficient (Wildman–Crippen LogP) is 5.92. The highest BCUT2D eigenvalue weighted by Gasteiger charge is 2.04. The molecule has 0 aliphatic rings.